The van der Waals surface area contributed by atoms with Crippen LogP contribution in [0.4, 0.5) is 0 Å². The van der Waals surface area contributed by atoms with E-state index in [4.69, 9.17) is 5.73 Å². The zero-order chi connectivity index (χ0) is 11.5. The first-order valence-electron chi connectivity index (χ1n) is 5.10. The second-order valence-corrected chi connectivity index (χ2v) is 4.68. The number of rotatable bonds is 2. The Balaban J connectivity index is 2.39. The van der Waals surface area contributed by atoms with E-state index in [0.29, 0.717) is 0 Å². The number of nitrogens with zero attached hydrogens (tertiary/aromatic N) is 1. The average Bonchev–Trinajstić information content (AvgIpc) is 2.29. The van der Waals surface area contributed by atoms with Crippen LogP contribution in [0.15, 0.2) is 47.2 Å². The van der Waals surface area contributed by atoms with E-state index in [0.717, 1.165) is 15.6 Å². The molecule has 82 valence electrons. The Morgan fingerprint density at radius 1 is 1.31 bits per heavy atom. The molecule has 0 amide bonds. The van der Waals surface area contributed by atoms with Gasteiger partial charge < -0.3 is 5.73 Å². The lowest BCUT2D eigenvalue weighted by Gasteiger charge is -2.14. The molecule has 16 heavy (non-hydrogen) atoms. The van der Waals surface area contributed by atoms with Crippen LogP contribution in [0, 0.1) is 6.92 Å². The number of aryl methyl sites for hydroxylation is 1. The van der Waals surface area contributed by atoms with Gasteiger partial charge in [-0.15, -0.1) is 0 Å². The molecule has 2 nitrogen and oxygen atoms in total. The number of hydrogen-bond donors (Lipinski definition) is 1. The molecule has 0 fully saturated rings. The third-order valence-electron chi connectivity index (χ3n) is 2.62. The highest BCUT2D eigenvalue weighted by molar-refractivity contribution is 9.10. The standard InChI is InChI=1S/C13H13BrN2/c1-9-5-6-16-8-12(9)13(15)10-3-2-4-11(14)7-10/h2-8,13H,15H2,1H3. The third kappa shape index (κ3) is 2.31. The molecule has 0 radical (unpaired) electrons. The Bertz CT molecular complexity index is 497. The van der Waals surface area contributed by atoms with Crippen molar-refractivity contribution in [1.29, 1.82) is 0 Å². The summed E-state index contributed by atoms with van der Waals surface area (Å²) in [7, 11) is 0. The highest BCUT2D eigenvalue weighted by atomic mass is 79.9. The van der Waals surface area contributed by atoms with Crippen LogP contribution in [0.1, 0.15) is 22.7 Å². The first-order chi connectivity index (χ1) is 7.68. The molecule has 1 atom stereocenters. The van der Waals surface area contributed by atoms with Crippen molar-refractivity contribution in [1.82, 2.24) is 4.98 Å². The molecule has 2 N–H and O–H groups in total. The Morgan fingerprint density at radius 3 is 2.81 bits per heavy atom. The molecular weight excluding hydrogens is 264 g/mol. The monoisotopic (exact) mass is 276 g/mol. The summed E-state index contributed by atoms with van der Waals surface area (Å²) >= 11 is 3.45. The van der Waals surface area contributed by atoms with E-state index in [1.165, 1.54) is 5.56 Å². The predicted octanol–water partition coefficient (Wildman–Crippen LogP) is 3.20. The van der Waals surface area contributed by atoms with Crippen LogP contribution in [0.3, 0.4) is 0 Å². The van der Waals surface area contributed by atoms with E-state index in [-0.39, 0.29) is 6.04 Å². The van der Waals surface area contributed by atoms with Gasteiger partial charge in [0.15, 0.2) is 0 Å². The number of pyridine rings is 1. The number of aromatic nitrogens is 1. The molecule has 0 saturated heterocycles. The van der Waals surface area contributed by atoms with Gasteiger partial charge in [-0.3, -0.25) is 4.98 Å². The smallest absolute Gasteiger partial charge is 0.0569 e. The van der Waals surface area contributed by atoms with E-state index in [1.54, 1.807) is 6.20 Å². The van der Waals surface area contributed by atoms with Crippen molar-refractivity contribution in [3.8, 4) is 0 Å². The molecule has 2 aromatic rings. The average molecular weight is 277 g/mol. The van der Waals surface area contributed by atoms with Crippen LogP contribution in [0.5, 0.6) is 0 Å². The van der Waals surface area contributed by atoms with Gasteiger partial charge in [-0.1, -0.05) is 28.1 Å². The summed E-state index contributed by atoms with van der Waals surface area (Å²) in [5.74, 6) is 0. The summed E-state index contributed by atoms with van der Waals surface area (Å²) in [5, 5.41) is 0. The van der Waals surface area contributed by atoms with Crippen LogP contribution in [0.25, 0.3) is 0 Å². The fourth-order valence-corrected chi connectivity index (χ4v) is 2.10. The minimum Gasteiger partial charge on any atom is -0.320 e. The zero-order valence-corrected chi connectivity index (χ0v) is 10.6. The number of benzene rings is 1. The molecule has 0 spiro atoms. The maximum absolute atomic E-state index is 6.23. The summed E-state index contributed by atoms with van der Waals surface area (Å²) in [6.07, 6.45) is 3.62. The maximum atomic E-state index is 6.23. The van der Waals surface area contributed by atoms with Crippen molar-refractivity contribution in [3.05, 3.63) is 63.9 Å². The van der Waals surface area contributed by atoms with Crippen molar-refractivity contribution >= 4 is 15.9 Å². The molecule has 1 aromatic heterocycles. The van der Waals surface area contributed by atoms with Gasteiger partial charge in [0.25, 0.3) is 0 Å². The first kappa shape index (κ1) is 11.3. The summed E-state index contributed by atoms with van der Waals surface area (Å²) in [4.78, 5) is 4.12. The van der Waals surface area contributed by atoms with Crippen LogP contribution in [0.2, 0.25) is 0 Å². The van der Waals surface area contributed by atoms with Crippen molar-refractivity contribution in [2.45, 2.75) is 13.0 Å². The van der Waals surface area contributed by atoms with Gasteiger partial charge in [0.2, 0.25) is 0 Å². The molecular formula is C13H13BrN2. The lowest BCUT2D eigenvalue weighted by Crippen LogP contribution is -2.13. The molecule has 2 rings (SSSR count). The van der Waals surface area contributed by atoms with Gasteiger partial charge in [-0.05, 0) is 41.8 Å². The van der Waals surface area contributed by atoms with Gasteiger partial charge in [0.05, 0.1) is 6.04 Å². The summed E-state index contributed by atoms with van der Waals surface area (Å²) in [6, 6.07) is 9.91. The lowest BCUT2D eigenvalue weighted by atomic mass is 9.98. The molecule has 1 heterocycles. The molecule has 0 bridgehead atoms. The Hall–Kier alpha value is -1.19. The molecule has 0 saturated carbocycles. The normalized spacial score (nSPS) is 12.4. The Kier molecular flexibility index (Phi) is 3.36. The summed E-state index contributed by atoms with van der Waals surface area (Å²) < 4.78 is 1.04. The van der Waals surface area contributed by atoms with Gasteiger partial charge in [-0.25, -0.2) is 0 Å². The Labute approximate surface area is 104 Å². The van der Waals surface area contributed by atoms with E-state index in [1.807, 2.05) is 36.5 Å². The molecule has 0 aliphatic rings. The van der Waals surface area contributed by atoms with Crippen molar-refractivity contribution < 1.29 is 0 Å². The molecule has 3 heteroatoms. The van der Waals surface area contributed by atoms with E-state index < -0.39 is 0 Å². The topological polar surface area (TPSA) is 38.9 Å². The number of hydrogen-bond acceptors (Lipinski definition) is 2. The van der Waals surface area contributed by atoms with Crippen LogP contribution in [-0.4, -0.2) is 4.98 Å². The highest BCUT2D eigenvalue weighted by Crippen LogP contribution is 2.23. The van der Waals surface area contributed by atoms with E-state index in [2.05, 4.69) is 27.8 Å². The van der Waals surface area contributed by atoms with Gasteiger partial charge in [-0.2, -0.15) is 0 Å². The largest absolute Gasteiger partial charge is 0.320 e. The van der Waals surface area contributed by atoms with Crippen molar-refractivity contribution in [3.63, 3.8) is 0 Å². The fraction of sp³-hybridized carbons (Fsp3) is 0.154. The third-order valence-corrected chi connectivity index (χ3v) is 3.12. The highest BCUT2D eigenvalue weighted by Gasteiger charge is 2.11. The minimum atomic E-state index is -0.119. The number of nitrogens with two attached hydrogens (primary N) is 1. The molecule has 0 aliphatic carbocycles. The van der Waals surface area contributed by atoms with Gasteiger partial charge >= 0.3 is 0 Å². The lowest BCUT2D eigenvalue weighted by molar-refractivity contribution is 0.852. The van der Waals surface area contributed by atoms with E-state index in [9.17, 15) is 0 Å². The second kappa shape index (κ2) is 4.76. The second-order valence-electron chi connectivity index (χ2n) is 3.76. The van der Waals surface area contributed by atoms with Crippen molar-refractivity contribution in [2.24, 2.45) is 5.73 Å². The predicted molar refractivity (Wildman–Crippen MR) is 69.1 cm³/mol. The van der Waals surface area contributed by atoms with Gasteiger partial charge in [0, 0.05) is 16.9 Å². The molecule has 0 aliphatic heterocycles. The van der Waals surface area contributed by atoms with Crippen molar-refractivity contribution in [2.75, 3.05) is 0 Å². The Morgan fingerprint density at radius 2 is 2.12 bits per heavy atom. The minimum absolute atomic E-state index is 0.119. The van der Waals surface area contributed by atoms with E-state index >= 15 is 0 Å². The first-order valence-corrected chi connectivity index (χ1v) is 5.89. The molecule has 1 unspecified atom stereocenters. The van der Waals surface area contributed by atoms with Crippen LogP contribution >= 0.6 is 15.9 Å². The fourth-order valence-electron chi connectivity index (χ4n) is 1.68. The van der Waals surface area contributed by atoms with Crippen LogP contribution in [-0.2, 0) is 0 Å². The maximum Gasteiger partial charge on any atom is 0.0569 e. The number of halogens is 1. The summed E-state index contributed by atoms with van der Waals surface area (Å²) in [6.45, 7) is 2.05. The molecule has 1 aromatic carbocycles. The van der Waals surface area contributed by atoms with Gasteiger partial charge in [0.1, 0.15) is 0 Å². The summed E-state index contributed by atoms with van der Waals surface area (Å²) in [5.41, 5.74) is 9.55. The zero-order valence-electron chi connectivity index (χ0n) is 9.02. The SMILES string of the molecule is Cc1ccncc1C(N)c1cccc(Br)c1. The van der Waals surface area contributed by atoms with Crippen LogP contribution < -0.4 is 5.73 Å². The quantitative estimate of drug-likeness (QED) is 0.915.